The van der Waals surface area contributed by atoms with E-state index in [0.717, 1.165) is 5.56 Å². The van der Waals surface area contributed by atoms with Crippen LogP contribution in [-0.2, 0) is 4.79 Å². The number of hydrogen-bond acceptors (Lipinski definition) is 5. The smallest absolute Gasteiger partial charge is 0.266 e. The van der Waals surface area contributed by atoms with E-state index in [1.54, 1.807) is 50.6 Å². The quantitative estimate of drug-likeness (QED) is 0.635. The highest BCUT2D eigenvalue weighted by atomic mass is 16.5. The largest absolute Gasteiger partial charge is 0.497 e. The number of carbonyl (C=O) groups is 1. The Kier molecular flexibility index (Phi) is 6.23. The Morgan fingerprint density at radius 3 is 2.19 bits per heavy atom. The normalized spacial score (nSPS) is 10.7. The molecule has 0 saturated heterocycles. The van der Waals surface area contributed by atoms with Crippen LogP contribution >= 0.6 is 0 Å². The summed E-state index contributed by atoms with van der Waals surface area (Å²) in [6, 6.07) is 12.3. The zero-order chi connectivity index (χ0) is 19.1. The van der Waals surface area contributed by atoms with Crippen LogP contribution < -0.4 is 19.5 Å². The Hall–Kier alpha value is -3.46. The van der Waals surface area contributed by atoms with Crippen LogP contribution in [-0.4, -0.2) is 27.2 Å². The van der Waals surface area contributed by atoms with Crippen LogP contribution in [0.15, 0.2) is 42.0 Å². The SMILES string of the molecule is COc1ccc(NC(=O)/C(C#N)=C\c2cc(OC)c(OC)cc2C)cc1. The summed E-state index contributed by atoms with van der Waals surface area (Å²) in [6.45, 7) is 1.87. The van der Waals surface area contributed by atoms with Gasteiger partial charge in [0.1, 0.15) is 17.4 Å². The number of methoxy groups -OCH3 is 3. The Morgan fingerprint density at radius 2 is 1.65 bits per heavy atom. The number of ether oxygens (including phenoxy) is 3. The molecule has 0 radical (unpaired) electrons. The van der Waals surface area contributed by atoms with Crippen LogP contribution in [0.25, 0.3) is 6.08 Å². The van der Waals surface area contributed by atoms with Crippen molar-refractivity contribution in [1.29, 1.82) is 5.26 Å². The molecule has 6 nitrogen and oxygen atoms in total. The number of anilines is 1. The van der Waals surface area contributed by atoms with Gasteiger partial charge in [0, 0.05) is 5.69 Å². The molecule has 0 heterocycles. The number of hydrogen-bond donors (Lipinski definition) is 1. The molecule has 0 aromatic heterocycles. The zero-order valence-corrected chi connectivity index (χ0v) is 15.1. The van der Waals surface area contributed by atoms with E-state index in [9.17, 15) is 10.1 Å². The standard InChI is InChI=1S/C20H20N2O4/c1-13-9-18(25-3)19(26-4)11-14(13)10-15(12-21)20(23)22-16-5-7-17(24-2)8-6-16/h5-11H,1-4H3,(H,22,23)/b15-10-. The van der Waals surface area contributed by atoms with E-state index in [1.165, 1.54) is 13.2 Å². The lowest BCUT2D eigenvalue weighted by Gasteiger charge is -2.11. The summed E-state index contributed by atoms with van der Waals surface area (Å²) in [5.41, 5.74) is 2.11. The molecule has 134 valence electrons. The van der Waals surface area contributed by atoms with Crippen molar-refractivity contribution in [3.63, 3.8) is 0 Å². The summed E-state index contributed by atoms with van der Waals surface area (Å²) in [7, 11) is 4.65. The van der Waals surface area contributed by atoms with Crippen LogP contribution in [0.3, 0.4) is 0 Å². The number of carbonyl (C=O) groups excluding carboxylic acids is 1. The molecule has 0 aliphatic heterocycles. The van der Waals surface area contributed by atoms with E-state index in [0.29, 0.717) is 28.5 Å². The number of benzene rings is 2. The van der Waals surface area contributed by atoms with Crippen molar-refractivity contribution in [1.82, 2.24) is 0 Å². The van der Waals surface area contributed by atoms with Gasteiger partial charge in [-0.3, -0.25) is 4.79 Å². The highest BCUT2D eigenvalue weighted by Crippen LogP contribution is 2.31. The average molecular weight is 352 g/mol. The van der Waals surface area contributed by atoms with E-state index >= 15 is 0 Å². The Bertz CT molecular complexity index is 865. The lowest BCUT2D eigenvalue weighted by Crippen LogP contribution is -2.13. The number of nitrogens with zero attached hydrogens (tertiary/aromatic N) is 1. The summed E-state index contributed by atoms with van der Waals surface area (Å²) in [5.74, 6) is 1.30. The van der Waals surface area contributed by atoms with E-state index in [1.807, 2.05) is 13.0 Å². The minimum atomic E-state index is -0.494. The maximum atomic E-state index is 12.4. The maximum Gasteiger partial charge on any atom is 0.266 e. The van der Waals surface area contributed by atoms with Crippen molar-refractivity contribution >= 4 is 17.7 Å². The first-order chi connectivity index (χ1) is 12.5. The summed E-state index contributed by atoms with van der Waals surface area (Å²) < 4.78 is 15.6. The maximum absolute atomic E-state index is 12.4. The van der Waals surface area contributed by atoms with Crippen LogP contribution in [0, 0.1) is 18.3 Å². The summed E-state index contributed by atoms with van der Waals surface area (Å²) >= 11 is 0. The average Bonchev–Trinajstić information content (AvgIpc) is 2.67. The van der Waals surface area contributed by atoms with E-state index in [-0.39, 0.29) is 5.57 Å². The molecule has 1 N–H and O–H groups in total. The van der Waals surface area contributed by atoms with Gasteiger partial charge in [-0.1, -0.05) is 0 Å². The number of amides is 1. The fourth-order valence-electron chi connectivity index (χ4n) is 2.33. The zero-order valence-electron chi connectivity index (χ0n) is 15.1. The number of nitrogens with one attached hydrogen (secondary N) is 1. The van der Waals surface area contributed by atoms with Gasteiger partial charge >= 0.3 is 0 Å². The molecule has 26 heavy (non-hydrogen) atoms. The Morgan fingerprint density at radius 1 is 1.04 bits per heavy atom. The Labute approximate surface area is 152 Å². The highest BCUT2D eigenvalue weighted by Gasteiger charge is 2.13. The van der Waals surface area contributed by atoms with Gasteiger partial charge in [-0.15, -0.1) is 0 Å². The van der Waals surface area contributed by atoms with E-state index < -0.39 is 5.91 Å². The van der Waals surface area contributed by atoms with E-state index in [2.05, 4.69) is 5.32 Å². The van der Waals surface area contributed by atoms with Gasteiger partial charge in [0.15, 0.2) is 11.5 Å². The van der Waals surface area contributed by atoms with Crippen LogP contribution in [0.5, 0.6) is 17.2 Å². The molecule has 0 unspecified atom stereocenters. The summed E-state index contributed by atoms with van der Waals surface area (Å²) in [6.07, 6.45) is 1.52. The first kappa shape index (κ1) is 18.9. The number of rotatable bonds is 6. The van der Waals surface area contributed by atoms with Gasteiger partial charge in [-0.05, 0) is 60.5 Å². The van der Waals surface area contributed by atoms with Crippen LogP contribution in [0.2, 0.25) is 0 Å². The molecule has 0 bridgehead atoms. The predicted molar refractivity (Wildman–Crippen MR) is 99.5 cm³/mol. The first-order valence-corrected chi connectivity index (χ1v) is 7.82. The number of aryl methyl sites for hydroxylation is 1. The van der Waals surface area contributed by atoms with Gasteiger partial charge in [0.25, 0.3) is 5.91 Å². The molecule has 2 aromatic rings. The minimum absolute atomic E-state index is 0.0175. The van der Waals surface area contributed by atoms with Gasteiger partial charge in [-0.25, -0.2) is 0 Å². The Balaban J connectivity index is 2.29. The van der Waals surface area contributed by atoms with Crippen LogP contribution in [0.4, 0.5) is 5.69 Å². The molecular formula is C20H20N2O4. The first-order valence-electron chi connectivity index (χ1n) is 7.82. The third-order valence-corrected chi connectivity index (χ3v) is 3.79. The van der Waals surface area contributed by atoms with Crippen molar-refractivity contribution in [3.8, 4) is 23.3 Å². The molecule has 0 spiro atoms. The van der Waals surface area contributed by atoms with Crippen molar-refractivity contribution in [3.05, 3.63) is 53.1 Å². The van der Waals surface area contributed by atoms with Crippen LogP contribution in [0.1, 0.15) is 11.1 Å². The lowest BCUT2D eigenvalue weighted by atomic mass is 10.0. The van der Waals surface area contributed by atoms with Gasteiger partial charge in [0.05, 0.1) is 21.3 Å². The molecule has 0 atom stereocenters. The molecule has 0 saturated carbocycles. The molecule has 1 amide bonds. The minimum Gasteiger partial charge on any atom is -0.497 e. The highest BCUT2D eigenvalue weighted by molar-refractivity contribution is 6.09. The van der Waals surface area contributed by atoms with Crippen molar-refractivity contribution in [2.24, 2.45) is 0 Å². The van der Waals surface area contributed by atoms with Gasteiger partial charge < -0.3 is 19.5 Å². The topological polar surface area (TPSA) is 80.6 Å². The van der Waals surface area contributed by atoms with Gasteiger partial charge in [-0.2, -0.15) is 5.26 Å². The fourth-order valence-corrected chi connectivity index (χ4v) is 2.33. The molecular weight excluding hydrogens is 332 g/mol. The van der Waals surface area contributed by atoms with Crippen molar-refractivity contribution in [2.45, 2.75) is 6.92 Å². The number of nitriles is 1. The van der Waals surface area contributed by atoms with Gasteiger partial charge in [0.2, 0.25) is 0 Å². The third-order valence-electron chi connectivity index (χ3n) is 3.79. The second kappa shape index (κ2) is 8.58. The third kappa shape index (κ3) is 4.33. The lowest BCUT2D eigenvalue weighted by molar-refractivity contribution is -0.112. The molecule has 2 rings (SSSR count). The van der Waals surface area contributed by atoms with Crippen molar-refractivity contribution in [2.75, 3.05) is 26.6 Å². The summed E-state index contributed by atoms with van der Waals surface area (Å²) in [5, 5.41) is 12.1. The molecule has 6 heteroatoms. The summed E-state index contributed by atoms with van der Waals surface area (Å²) in [4.78, 5) is 12.4. The van der Waals surface area contributed by atoms with E-state index in [4.69, 9.17) is 14.2 Å². The molecule has 2 aromatic carbocycles. The van der Waals surface area contributed by atoms with Crippen molar-refractivity contribution < 1.29 is 19.0 Å². The second-order valence-corrected chi connectivity index (χ2v) is 5.42. The molecule has 0 aliphatic carbocycles. The second-order valence-electron chi connectivity index (χ2n) is 5.42. The monoisotopic (exact) mass is 352 g/mol. The molecule has 0 fully saturated rings. The predicted octanol–water partition coefficient (Wildman–Crippen LogP) is 3.57. The fraction of sp³-hybridized carbons (Fsp3) is 0.200. The molecule has 0 aliphatic rings.